The average Bonchev–Trinajstić information content (AvgIpc) is 3.05. The van der Waals surface area contributed by atoms with Crippen molar-refractivity contribution >= 4 is 0 Å². The van der Waals surface area contributed by atoms with Crippen LogP contribution >= 0.6 is 0 Å². The second-order valence-electron chi connectivity index (χ2n) is 4.75. The summed E-state index contributed by atoms with van der Waals surface area (Å²) in [5.41, 5.74) is 0. The van der Waals surface area contributed by atoms with Crippen molar-refractivity contribution in [3.05, 3.63) is 18.2 Å². The van der Waals surface area contributed by atoms with E-state index >= 15 is 0 Å². The van der Waals surface area contributed by atoms with Gasteiger partial charge in [-0.1, -0.05) is 13.8 Å². The molecule has 1 fully saturated rings. The van der Waals surface area contributed by atoms with Crippen LogP contribution < -0.4 is 5.32 Å². The van der Waals surface area contributed by atoms with E-state index in [-0.39, 0.29) is 0 Å². The van der Waals surface area contributed by atoms with Crippen LogP contribution in [0.2, 0.25) is 0 Å². The Kier molecular flexibility index (Phi) is 3.99. The summed E-state index contributed by atoms with van der Waals surface area (Å²) in [6.07, 6.45) is 9.07. The van der Waals surface area contributed by atoms with Gasteiger partial charge >= 0.3 is 0 Å². The molecule has 0 saturated heterocycles. The molecule has 1 saturated carbocycles. The molecule has 3 nitrogen and oxygen atoms in total. The third-order valence-electron chi connectivity index (χ3n) is 3.36. The maximum atomic E-state index is 4.38. The summed E-state index contributed by atoms with van der Waals surface area (Å²) in [4.78, 5) is 4.38. The van der Waals surface area contributed by atoms with E-state index in [9.17, 15) is 0 Å². The normalized spacial score (nSPS) is 17.6. The minimum atomic E-state index is 0.652. The smallest absolute Gasteiger partial charge is 0.108 e. The maximum Gasteiger partial charge on any atom is 0.108 e. The van der Waals surface area contributed by atoms with Gasteiger partial charge in [0.15, 0.2) is 0 Å². The highest BCUT2D eigenvalue weighted by molar-refractivity contribution is 4.95. The van der Waals surface area contributed by atoms with E-state index < -0.39 is 0 Å². The van der Waals surface area contributed by atoms with Crippen molar-refractivity contribution in [2.24, 2.45) is 5.92 Å². The van der Waals surface area contributed by atoms with Crippen LogP contribution in [0.25, 0.3) is 0 Å². The fourth-order valence-electron chi connectivity index (χ4n) is 2.24. The lowest BCUT2D eigenvalue weighted by Gasteiger charge is -2.19. The van der Waals surface area contributed by atoms with Gasteiger partial charge in [-0.05, 0) is 31.7 Å². The molecule has 1 atom stereocenters. The summed E-state index contributed by atoms with van der Waals surface area (Å²) in [6, 6.07) is 0.652. The lowest BCUT2D eigenvalue weighted by Crippen LogP contribution is -2.36. The molecule has 1 aromatic heterocycles. The first-order valence-electron chi connectivity index (χ1n) is 6.58. The number of nitrogens with zero attached hydrogens (tertiary/aromatic N) is 2. The summed E-state index contributed by atoms with van der Waals surface area (Å²) in [6.45, 7) is 6.63. The van der Waals surface area contributed by atoms with E-state index in [0.717, 1.165) is 25.4 Å². The van der Waals surface area contributed by atoms with Gasteiger partial charge in [0.25, 0.3) is 0 Å². The highest BCUT2D eigenvalue weighted by Gasteiger charge is 2.30. The molecule has 16 heavy (non-hydrogen) atoms. The molecule has 0 aromatic carbocycles. The van der Waals surface area contributed by atoms with E-state index in [2.05, 4.69) is 34.9 Å². The highest BCUT2D eigenvalue weighted by Crippen LogP contribution is 2.33. The van der Waals surface area contributed by atoms with Crippen LogP contribution in [-0.4, -0.2) is 22.1 Å². The third-order valence-corrected chi connectivity index (χ3v) is 3.36. The Morgan fingerprint density at radius 3 is 2.94 bits per heavy atom. The zero-order valence-corrected chi connectivity index (χ0v) is 10.4. The fraction of sp³-hybridized carbons (Fsp3) is 0.769. The van der Waals surface area contributed by atoms with Crippen LogP contribution in [0.1, 0.15) is 38.9 Å². The van der Waals surface area contributed by atoms with Gasteiger partial charge in [0.05, 0.1) is 0 Å². The van der Waals surface area contributed by atoms with Crippen molar-refractivity contribution < 1.29 is 0 Å². The molecule has 1 aliphatic carbocycles. The predicted octanol–water partition coefficient (Wildman–Crippen LogP) is 2.22. The maximum absolute atomic E-state index is 4.38. The van der Waals surface area contributed by atoms with Gasteiger partial charge in [-0.15, -0.1) is 0 Å². The molecule has 0 aliphatic heterocycles. The highest BCUT2D eigenvalue weighted by atomic mass is 15.1. The summed E-state index contributed by atoms with van der Waals surface area (Å²) in [5, 5.41) is 3.67. The first kappa shape index (κ1) is 11.6. The second kappa shape index (κ2) is 5.48. The third kappa shape index (κ3) is 2.85. The Morgan fingerprint density at radius 1 is 1.50 bits per heavy atom. The predicted molar refractivity (Wildman–Crippen MR) is 66.4 cm³/mol. The molecule has 1 heterocycles. The minimum absolute atomic E-state index is 0.652. The van der Waals surface area contributed by atoms with Crippen molar-refractivity contribution in [3.8, 4) is 0 Å². The van der Waals surface area contributed by atoms with Crippen LogP contribution in [0.5, 0.6) is 0 Å². The van der Waals surface area contributed by atoms with Crippen LogP contribution in [0, 0.1) is 5.92 Å². The van der Waals surface area contributed by atoms with Crippen LogP contribution in [0.15, 0.2) is 12.4 Å². The Labute approximate surface area is 98.3 Å². The van der Waals surface area contributed by atoms with Gasteiger partial charge < -0.3 is 9.88 Å². The molecule has 1 N–H and O–H groups in total. The largest absolute Gasteiger partial charge is 0.333 e. The Morgan fingerprint density at radius 2 is 2.31 bits per heavy atom. The first-order valence-corrected chi connectivity index (χ1v) is 6.58. The summed E-state index contributed by atoms with van der Waals surface area (Å²) >= 11 is 0. The number of hydrogen-bond acceptors (Lipinski definition) is 2. The SMILES string of the molecule is CCCNC(Cn1ccnc1CC)C1CC1. The average molecular weight is 221 g/mol. The zero-order valence-electron chi connectivity index (χ0n) is 10.4. The zero-order chi connectivity index (χ0) is 11.4. The topological polar surface area (TPSA) is 29.9 Å². The number of aromatic nitrogens is 2. The lowest BCUT2D eigenvalue weighted by atomic mass is 10.1. The van der Waals surface area contributed by atoms with Crippen molar-refractivity contribution in [1.29, 1.82) is 0 Å². The van der Waals surface area contributed by atoms with Gasteiger partial charge in [-0.3, -0.25) is 0 Å². The van der Waals surface area contributed by atoms with Crippen molar-refractivity contribution in [2.75, 3.05) is 6.54 Å². The van der Waals surface area contributed by atoms with E-state index in [1.165, 1.54) is 25.1 Å². The van der Waals surface area contributed by atoms with Gasteiger partial charge in [0, 0.05) is 31.4 Å². The van der Waals surface area contributed by atoms with Crippen LogP contribution in [0.4, 0.5) is 0 Å². The molecule has 1 aromatic rings. The first-order chi connectivity index (χ1) is 7.85. The monoisotopic (exact) mass is 221 g/mol. The molecular formula is C13H23N3. The lowest BCUT2D eigenvalue weighted by molar-refractivity contribution is 0.402. The van der Waals surface area contributed by atoms with E-state index in [1.54, 1.807) is 0 Å². The van der Waals surface area contributed by atoms with Crippen LogP contribution in [0.3, 0.4) is 0 Å². The number of nitrogens with one attached hydrogen (secondary N) is 1. The Balaban J connectivity index is 1.94. The molecular weight excluding hydrogens is 198 g/mol. The van der Waals surface area contributed by atoms with Crippen molar-refractivity contribution in [2.45, 2.75) is 52.1 Å². The molecule has 3 heteroatoms. The number of rotatable bonds is 7. The van der Waals surface area contributed by atoms with E-state index in [1.807, 2.05) is 6.20 Å². The van der Waals surface area contributed by atoms with Gasteiger partial charge in [-0.25, -0.2) is 4.98 Å². The molecule has 2 rings (SSSR count). The van der Waals surface area contributed by atoms with Crippen molar-refractivity contribution in [3.63, 3.8) is 0 Å². The summed E-state index contributed by atoms with van der Waals surface area (Å²) in [7, 11) is 0. The Hall–Kier alpha value is -0.830. The van der Waals surface area contributed by atoms with Crippen molar-refractivity contribution in [1.82, 2.24) is 14.9 Å². The quantitative estimate of drug-likeness (QED) is 0.765. The fourth-order valence-corrected chi connectivity index (χ4v) is 2.24. The molecule has 0 radical (unpaired) electrons. The molecule has 90 valence electrons. The minimum Gasteiger partial charge on any atom is -0.333 e. The summed E-state index contributed by atoms with van der Waals surface area (Å²) < 4.78 is 2.31. The second-order valence-corrected chi connectivity index (χ2v) is 4.75. The van der Waals surface area contributed by atoms with Gasteiger partial charge in [-0.2, -0.15) is 0 Å². The molecule has 1 unspecified atom stereocenters. The van der Waals surface area contributed by atoms with Gasteiger partial charge in [0.1, 0.15) is 5.82 Å². The standard InChI is InChI=1S/C13H23N3/c1-3-7-14-12(11-5-6-11)10-16-9-8-15-13(16)4-2/h8-9,11-12,14H,3-7,10H2,1-2H3. The molecule has 1 aliphatic rings. The van der Waals surface area contributed by atoms with Gasteiger partial charge in [0.2, 0.25) is 0 Å². The van der Waals surface area contributed by atoms with E-state index in [0.29, 0.717) is 6.04 Å². The molecule has 0 amide bonds. The number of hydrogen-bond donors (Lipinski definition) is 1. The number of aryl methyl sites for hydroxylation is 1. The molecule has 0 spiro atoms. The molecule has 0 bridgehead atoms. The van der Waals surface area contributed by atoms with E-state index in [4.69, 9.17) is 0 Å². The number of imidazole rings is 1. The Bertz CT molecular complexity index is 315. The summed E-state index contributed by atoms with van der Waals surface area (Å²) in [5.74, 6) is 2.11. The van der Waals surface area contributed by atoms with Crippen LogP contribution in [-0.2, 0) is 13.0 Å².